The summed E-state index contributed by atoms with van der Waals surface area (Å²) in [6.45, 7) is 57.7. The Morgan fingerprint density at radius 1 is 0.348 bits per heavy atom. The van der Waals surface area contributed by atoms with Gasteiger partial charge in [-0.25, -0.2) is 13.2 Å². The smallest absolute Gasteiger partial charge is 0.159 e. The van der Waals surface area contributed by atoms with Crippen LogP contribution in [0.1, 0.15) is 269 Å². The molecule has 1 aliphatic carbocycles. The summed E-state index contributed by atoms with van der Waals surface area (Å²) >= 11 is 17.8. The maximum Gasteiger partial charge on any atom is 0.159 e. The highest BCUT2D eigenvalue weighted by molar-refractivity contribution is 6.35. The predicted octanol–water partition coefficient (Wildman–Crippen LogP) is 22.1. The van der Waals surface area contributed by atoms with E-state index in [9.17, 15) is 13.2 Å². The molecule has 0 aliphatic heterocycles. The number of nitrogens with one attached hydrogen (secondary N) is 7. The van der Waals surface area contributed by atoms with Crippen molar-refractivity contribution in [3.8, 4) is 0 Å². The molecule has 7 rings (SSSR count). The summed E-state index contributed by atoms with van der Waals surface area (Å²) in [5.74, 6) is -1.78. The van der Waals surface area contributed by atoms with E-state index in [2.05, 4.69) is 238 Å². The van der Waals surface area contributed by atoms with E-state index >= 15 is 0 Å². The van der Waals surface area contributed by atoms with Crippen molar-refractivity contribution in [1.82, 2.24) is 42.2 Å². The van der Waals surface area contributed by atoms with Gasteiger partial charge in [-0.1, -0.05) is 102 Å². The van der Waals surface area contributed by atoms with Gasteiger partial charge in [-0.15, -0.1) is 0 Å². The molecule has 7 N–H and O–H groups in total. The summed E-state index contributed by atoms with van der Waals surface area (Å²) in [4.78, 5) is 4.00. The largest absolute Gasteiger partial charge is 0.309 e. The second-order valence-corrected chi connectivity index (χ2v) is 32.8. The molecule has 8 nitrogen and oxygen atoms in total. The van der Waals surface area contributed by atoms with Crippen molar-refractivity contribution in [2.24, 2.45) is 0 Å². The lowest BCUT2D eigenvalue weighted by atomic mass is 10.0. The summed E-state index contributed by atoms with van der Waals surface area (Å²) < 4.78 is 38.3. The van der Waals surface area contributed by atoms with E-state index in [1.807, 2.05) is 94.7 Å². The minimum absolute atomic E-state index is 0.0000926. The van der Waals surface area contributed by atoms with Crippen LogP contribution in [0.2, 0.25) is 15.1 Å². The molecule has 0 spiro atoms. The van der Waals surface area contributed by atoms with Gasteiger partial charge >= 0.3 is 0 Å². The zero-order valence-corrected chi connectivity index (χ0v) is 63.7. The van der Waals surface area contributed by atoms with Crippen molar-refractivity contribution in [3.05, 3.63) is 206 Å². The molecule has 1 aliphatic rings. The van der Waals surface area contributed by atoms with Gasteiger partial charge in [-0.3, -0.25) is 4.98 Å². The zero-order valence-electron chi connectivity index (χ0n) is 61.4. The van der Waals surface area contributed by atoms with E-state index in [0.717, 1.165) is 33.8 Å². The van der Waals surface area contributed by atoms with Gasteiger partial charge in [0.25, 0.3) is 0 Å². The maximum absolute atomic E-state index is 13.0. The quantitative estimate of drug-likeness (QED) is 0.0615. The molecule has 92 heavy (non-hydrogen) atoms. The number of hydrogen-bond acceptors (Lipinski definition) is 8. The molecule has 5 aromatic carbocycles. The number of benzene rings is 5. The predicted molar refractivity (Wildman–Crippen MR) is 395 cm³/mol. The van der Waals surface area contributed by atoms with Gasteiger partial charge in [0.15, 0.2) is 11.6 Å². The van der Waals surface area contributed by atoms with E-state index in [1.165, 1.54) is 47.7 Å². The van der Waals surface area contributed by atoms with Crippen LogP contribution in [0.25, 0.3) is 0 Å². The fourth-order valence-corrected chi connectivity index (χ4v) is 10.5. The van der Waals surface area contributed by atoms with Crippen LogP contribution in [-0.4, -0.2) is 49.8 Å². The Labute approximate surface area is 573 Å². The summed E-state index contributed by atoms with van der Waals surface area (Å²) in [7, 11) is 0. The Bertz CT molecular complexity index is 2830. The van der Waals surface area contributed by atoms with Gasteiger partial charge in [0.05, 0.1) is 0 Å². The molecular weight excluding hydrogens is 1210 g/mol. The minimum atomic E-state index is -0.804. The highest BCUT2D eigenvalue weighted by Gasteiger charge is 2.26. The average Bonchev–Trinajstić information content (AvgIpc) is 1.39. The molecule has 6 atom stereocenters. The van der Waals surface area contributed by atoms with Crippen LogP contribution in [0.15, 0.2) is 140 Å². The van der Waals surface area contributed by atoms with Crippen molar-refractivity contribution in [1.29, 1.82) is 0 Å². The molecule has 1 heterocycles. The molecule has 6 unspecified atom stereocenters. The van der Waals surface area contributed by atoms with Crippen molar-refractivity contribution >= 4 is 34.8 Å². The molecule has 1 fully saturated rings. The highest BCUT2D eigenvalue weighted by Crippen LogP contribution is 2.28. The first-order valence-corrected chi connectivity index (χ1v) is 33.8. The topological polar surface area (TPSA) is 97.1 Å². The molecule has 1 saturated carbocycles. The second-order valence-electron chi connectivity index (χ2n) is 31.5. The van der Waals surface area contributed by atoms with Gasteiger partial charge in [-0.2, -0.15) is 0 Å². The van der Waals surface area contributed by atoms with Gasteiger partial charge in [0.1, 0.15) is 5.82 Å². The molecule has 0 bridgehead atoms. The third-order valence-corrected chi connectivity index (χ3v) is 14.0. The number of pyridine rings is 1. The zero-order chi connectivity index (χ0) is 70.8. The molecule has 0 radical (unpaired) electrons. The van der Waals surface area contributed by atoms with Crippen LogP contribution in [-0.2, 0) is 0 Å². The van der Waals surface area contributed by atoms with Crippen molar-refractivity contribution < 1.29 is 13.2 Å². The van der Waals surface area contributed by atoms with Crippen LogP contribution in [0.3, 0.4) is 0 Å². The fourth-order valence-electron chi connectivity index (χ4n) is 9.76. The molecule has 6 aromatic rings. The Balaban J connectivity index is 0.000000540. The van der Waals surface area contributed by atoms with E-state index in [4.69, 9.17) is 34.8 Å². The van der Waals surface area contributed by atoms with E-state index in [0.29, 0.717) is 33.7 Å². The summed E-state index contributed by atoms with van der Waals surface area (Å²) in [5.41, 5.74) is 7.74. The molecular formula is C78H122Cl3F3N8. The van der Waals surface area contributed by atoms with Crippen LogP contribution >= 0.6 is 34.8 Å². The fraction of sp³-hybridized carbons (Fsp3) is 0.551. The van der Waals surface area contributed by atoms with Crippen LogP contribution in [0, 0.1) is 17.5 Å². The first-order chi connectivity index (χ1) is 41.9. The summed E-state index contributed by atoms with van der Waals surface area (Å²) in [6, 6.07) is 41.3. The molecule has 516 valence electrons. The third kappa shape index (κ3) is 42.9. The number of nitrogens with zero attached hydrogens (tertiary/aromatic N) is 1. The standard InChI is InChI=1S/C12H17Cl2N.C12H18ClN.C12H17F2N.C12H18FN.C12H19N.C11H18N2.C7H15N/c1-8(15-12(2,3)4)10-6-5-9(13)7-11(10)14;1-9(14-12(2,3)4)10-5-7-11(13)8-6-10;1-8(15-12(2,3)4)9-5-6-10(13)11(14)7-9;1-9(14-12(2,3)4)10-5-7-11(13)8-6-10;1-10(13-12(2,3)4)11-8-6-5-7-9-11;1-9(13-11(2,3)4)10-5-7-12-8-6-10;1-7(2,3)8-6-4-5-6/h5-8,15H,1-4H3;5-9,14H,1-4H3;5-8,15H,1-4H3;5-9,14H,1-4H3;5-10,13H,1-4H3;5-9,13H,1-4H3;6,8H,4-5H2,1-3H3. The van der Waals surface area contributed by atoms with Gasteiger partial charge in [0, 0.05) is 109 Å². The minimum Gasteiger partial charge on any atom is -0.309 e. The Kier molecular flexibility index (Phi) is 36.3. The lowest BCUT2D eigenvalue weighted by molar-refractivity contribution is 0.376. The summed E-state index contributed by atoms with van der Waals surface area (Å²) in [6.07, 6.45) is 6.43. The lowest BCUT2D eigenvalue weighted by Gasteiger charge is -2.26. The number of rotatable bonds is 13. The van der Waals surface area contributed by atoms with Gasteiger partial charge < -0.3 is 37.2 Å². The van der Waals surface area contributed by atoms with Crippen LogP contribution < -0.4 is 37.2 Å². The van der Waals surface area contributed by atoms with Gasteiger partial charge in [0.2, 0.25) is 0 Å². The third-order valence-electron chi connectivity index (χ3n) is 13.2. The number of aromatic nitrogens is 1. The Morgan fingerprint density at radius 2 is 0.674 bits per heavy atom. The SMILES string of the molecule is CC(C)(C)NC1CC1.CC(NC(C)(C)C)c1ccc(Cl)cc1.CC(NC(C)(C)C)c1ccc(Cl)cc1Cl.CC(NC(C)(C)C)c1ccc(F)c(F)c1.CC(NC(C)(C)C)c1ccc(F)cc1.CC(NC(C)(C)C)c1ccccc1.CC(NC(C)(C)C)c1ccncc1. The van der Waals surface area contributed by atoms with Crippen molar-refractivity contribution in [2.75, 3.05) is 0 Å². The number of hydrogen-bond donors (Lipinski definition) is 7. The monoisotopic (exact) mass is 1330 g/mol. The maximum atomic E-state index is 13.0. The van der Waals surface area contributed by atoms with Crippen molar-refractivity contribution in [3.63, 3.8) is 0 Å². The van der Waals surface area contributed by atoms with Crippen LogP contribution in [0.5, 0.6) is 0 Å². The highest BCUT2D eigenvalue weighted by atomic mass is 35.5. The van der Waals surface area contributed by atoms with Gasteiger partial charge in [-0.05, 0) is 294 Å². The van der Waals surface area contributed by atoms with E-state index in [1.54, 1.807) is 12.1 Å². The normalized spacial score (nSPS) is 14.7. The van der Waals surface area contributed by atoms with E-state index < -0.39 is 11.6 Å². The molecule has 1 aromatic heterocycles. The van der Waals surface area contributed by atoms with Crippen molar-refractivity contribution in [2.45, 2.75) is 281 Å². The lowest BCUT2D eigenvalue weighted by Crippen LogP contribution is -2.37. The van der Waals surface area contributed by atoms with E-state index in [-0.39, 0.29) is 57.2 Å². The second kappa shape index (κ2) is 39.0. The van der Waals surface area contributed by atoms with Crippen LogP contribution in [0.4, 0.5) is 13.2 Å². The molecule has 14 heteroatoms. The first kappa shape index (κ1) is 85.6. The Morgan fingerprint density at radius 3 is 1.01 bits per heavy atom. The molecule has 0 amide bonds. The first-order valence-electron chi connectivity index (χ1n) is 32.7. The Hall–Kier alpha value is -4.37. The molecule has 0 saturated heterocycles. The summed E-state index contributed by atoms with van der Waals surface area (Å²) in [5, 5.41) is 26.4. The average molecular weight is 1340 g/mol. The number of halogens is 6.